The first-order valence-corrected chi connectivity index (χ1v) is 4.48. The van der Waals surface area contributed by atoms with Gasteiger partial charge in [-0.1, -0.05) is 24.0 Å². The first-order chi connectivity index (χ1) is 6.34. The second-order valence-electron chi connectivity index (χ2n) is 2.19. The van der Waals surface area contributed by atoms with Crippen molar-refractivity contribution in [3.8, 4) is 23.7 Å². The average Bonchev–Trinajstić information content (AvgIpc) is 2.15. The van der Waals surface area contributed by atoms with Crippen molar-refractivity contribution in [2.75, 3.05) is 6.61 Å². The zero-order valence-electron chi connectivity index (χ0n) is 6.84. The molecule has 0 saturated carbocycles. The van der Waals surface area contributed by atoms with Crippen LogP contribution in [0.3, 0.4) is 0 Å². The van der Waals surface area contributed by atoms with Gasteiger partial charge in [0.05, 0.1) is 0 Å². The summed E-state index contributed by atoms with van der Waals surface area (Å²) in [6.07, 6.45) is 0. The standard InChI is InChI=1S/C11H7BrO/c12-11-8-4-3-7-10(11)6-2-1-5-9-13/h3-4,7-8,13H,9H2. The topological polar surface area (TPSA) is 20.2 Å². The Bertz CT molecular complexity index is 401. The lowest BCUT2D eigenvalue weighted by Gasteiger charge is -1.91. The maximum atomic E-state index is 8.37. The van der Waals surface area contributed by atoms with Crippen LogP contribution in [-0.4, -0.2) is 11.7 Å². The quantitative estimate of drug-likeness (QED) is 0.680. The summed E-state index contributed by atoms with van der Waals surface area (Å²) < 4.78 is 0.952. The van der Waals surface area contributed by atoms with E-state index in [0.717, 1.165) is 10.0 Å². The van der Waals surface area contributed by atoms with E-state index < -0.39 is 0 Å². The SMILES string of the molecule is OCC#CC#Cc1ccccc1Br. The molecule has 0 aliphatic carbocycles. The van der Waals surface area contributed by atoms with Crippen LogP contribution in [0.4, 0.5) is 0 Å². The summed E-state index contributed by atoms with van der Waals surface area (Å²) in [5.74, 6) is 10.5. The monoisotopic (exact) mass is 234 g/mol. The third kappa shape index (κ3) is 3.34. The highest BCUT2D eigenvalue weighted by atomic mass is 79.9. The van der Waals surface area contributed by atoms with Gasteiger partial charge in [0.25, 0.3) is 0 Å². The van der Waals surface area contributed by atoms with Crippen LogP contribution in [0.5, 0.6) is 0 Å². The van der Waals surface area contributed by atoms with Crippen molar-refractivity contribution in [1.82, 2.24) is 0 Å². The largest absolute Gasteiger partial charge is 0.384 e. The van der Waals surface area contributed by atoms with E-state index in [1.54, 1.807) is 0 Å². The maximum absolute atomic E-state index is 8.37. The summed E-state index contributed by atoms with van der Waals surface area (Å²) in [7, 11) is 0. The van der Waals surface area contributed by atoms with Gasteiger partial charge >= 0.3 is 0 Å². The van der Waals surface area contributed by atoms with Gasteiger partial charge in [0.1, 0.15) is 6.61 Å². The summed E-state index contributed by atoms with van der Waals surface area (Å²) >= 11 is 3.37. The molecule has 0 bridgehead atoms. The van der Waals surface area contributed by atoms with Gasteiger partial charge in [-0.3, -0.25) is 0 Å². The first-order valence-electron chi connectivity index (χ1n) is 3.69. The van der Waals surface area contributed by atoms with Crippen LogP contribution in [0.1, 0.15) is 5.56 Å². The molecule has 2 heteroatoms. The van der Waals surface area contributed by atoms with Gasteiger partial charge in [0.15, 0.2) is 0 Å². The zero-order valence-corrected chi connectivity index (χ0v) is 8.43. The minimum atomic E-state index is -0.148. The van der Waals surface area contributed by atoms with Crippen molar-refractivity contribution >= 4 is 15.9 Å². The van der Waals surface area contributed by atoms with Crippen LogP contribution in [0.15, 0.2) is 28.7 Å². The number of hydrogen-bond acceptors (Lipinski definition) is 1. The van der Waals surface area contributed by atoms with Crippen molar-refractivity contribution in [2.24, 2.45) is 0 Å². The second kappa shape index (κ2) is 5.43. The molecule has 1 aromatic rings. The second-order valence-corrected chi connectivity index (χ2v) is 3.04. The summed E-state index contributed by atoms with van der Waals surface area (Å²) in [6, 6.07) is 7.66. The number of hydrogen-bond donors (Lipinski definition) is 1. The van der Waals surface area contributed by atoms with E-state index in [1.807, 2.05) is 24.3 Å². The van der Waals surface area contributed by atoms with Crippen LogP contribution in [0.2, 0.25) is 0 Å². The Hall–Kier alpha value is -1.22. The Morgan fingerprint density at radius 1 is 1.23 bits per heavy atom. The lowest BCUT2D eigenvalue weighted by molar-refractivity contribution is 0.350. The molecule has 0 unspecified atom stereocenters. The van der Waals surface area contributed by atoms with E-state index in [2.05, 4.69) is 39.6 Å². The molecular formula is C11H7BrO. The van der Waals surface area contributed by atoms with E-state index >= 15 is 0 Å². The van der Waals surface area contributed by atoms with Gasteiger partial charge in [-0.25, -0.2) is 0 Å². The van der Waals surface area contributed by atoms with Crippen molar-refractivity contribution in [1.29, 1.82) is 0 Å². The van der Waals surface area contributed by atoms with E-state index in [-0.39, 0.29) is 6.61 Å². The molecule has 64 valence electrons. The van der Waals surface area contributed by atoms with Crippen LogP contribution in [0, 0.1) is 23.7 Å². The highest BCUT2D eigenvalue weighted by Gasteiger charge is 1.90. The summed E-state index contributed by atoms with van der Waals surface area (Å²) in [5, 5.41) is 8.37. The van der Waals surface area contributed by atoms with Gasteiger partial charge < -0.3 is 5.11 Å². The van der Waals surface area contributed by atoms with Crippen LogP contribution < -0.4 is 0 Å². The first kappa shape index (κ1) is 9.86. The van der Waals surface area contributed by atoms with Gasteiger partial charge in [-0.05, 0) is 39.9 Å². The van der Waals surface area contributed by atoms with Gasteiger partial charge in [0.2, 0.25) is 0 Å². The van der Waals surface area contributed by atoms with E-state index in [4.69, 9.17) is 5.11 Å². The molecule has 0 aliphatic heterocycles. The Morgan fingerprint density at radius 2 is 2.00 bits per heavy atom. The molecule has 0 atom stereocenters. The fraction of sp³-hybridized carbons (Fsp3) is 0.0909. The van der Waals surface area contributed by atoms with Crippen LogP contribution in [-0.2, 0) is 0 Å². The predicted molar refractivity (Wildman–Crippen MR) is 55.9 cm³/mol. The number of rotatable bonds is 0. The van der Waals surface area contributed by atoms with E-state index in [0.29, 0.717) is 0 Å². The van der Waals surface area contributed by atoms with Gasteiger partial charge in [0, 0.05) is 10.0 Å². The molecule has 0 aromatic heterocycles. The molecule has 0 heterocycles. The van der Waals surface area contributed by atoms with Crippen LogP contribution >= 0.6 is 15.9 Å². The molecule has 0 fully saturated rings. The van der Waals surface area contributed by atoms with Crippen molar-refractivity contribution in [3.05, 3.63) is 34.3 Å². The molecule has 0 spiro atoms. The molecule has 1 rings (SSSR count). The molecule has 0 amide bonds. The van der Waals surface area contributed by atoms with Gasteiger partial charge in [-0.15, -0.1) is 0 Å². The number of benzene rings is 1. The normalized spacial score (nSPS) is 7.85. The minimum absolute atomic E-state index is 0.148. The van der Waals surface area contributed by atoms with Crippen molar-refractivity contribution in [2.45, 2.75) is 0 Å². The predicted octanol–water partition coefficient (Wildman–Crippen LogP) is 1.80. The van der Waals surface area contributed by atoms with Crippen molar-refractivity contribution in [3.63, 3.8) is 0 Å². The van der Waals surface area contributed by atoms with E-state index in [1.165, 1.54) is 0 Å². The molecular weight excluding hydrogens is 228 g/mol. The molecule has 1 nitrogen and oxygen atoms in total. The smallest absolute Gasteiger partial charge is 0.105 e. The maximum Gasteiger partial charge on any atom is 0.105 e. The molecule has 1 N–H and O–H groups in total. The number of aliphatic hydroxyl groups is 1. The molecule has 0 aliphatic rings. The summed E-state index contributed by atoms with van der Waals surface area (Å²) in [5.41, 5.74) is 0.898. The lowest BCUT2D eigenvalue weighted by Crippen LogP contribution is -1.74. The Labute approximate surface area is 85.9 Å². The van der Waals surface area contributed by atoms with Gasteiger partial charge in [-0.2, -0.15) is 0 Å². The van der Waals surface area contributed by atoms with E-state index in [9.17, 15) is 0 Å². The fourth-order valence-electron chi connectivity index (χ4n) is 0.745. The average molecular weight is 235 g/mol. The zero-order chi connectivity index (χ0) is 9.52. The lowest BCUT2D eigenvalue weighted by atomic mass is 10.2. The Balaban J connectivity index is 2.83. The molecule has 13 heavy (non-hydrogen) atoms. The third-order valence-corrected chi connectivity index (χ3v) is 1.99. The summed E-state index contributed by atoms with van der Waals surface area (Å²) in [6.45, 7) is -0.148. The highest BCUT2D eigenvalue weighted by molar-refractivity contribution is 9.10. The Morgan fingerprint density at radius 3 is 2.69 bits per heavy atom. The third-order valence-electron chi connectivity index (χ3n) is 1.30. The number of halogens is 1. The fourth-order valence-corrected chi connectivity index (χ4v) is 1.13. The number of aliphatic hydroxyl groups excluding tert-OH is 1. The Kier molecular flexibility index (Phi) is 4.12. The molecule has 0 saturated heterocycles. The highest BCUT2D eigenvalue weighted by Crippen LogP contribution is 2.13. The van der Waals surface area contributed by atoms with Crippen LogP contribution in [0.25, 0.3) is 0 Å². The minimum Gasteiger partial charge on any atom is -0.384 e. The molecule has 1 aromatic carbocycles. The summed E-state index contributed by atoms with van der Waals surface area (Å²) in [4.78, 5) is 0. The van der Waals surface area contributed by atoms with Crippen molar-refractivity contribution < 1.29 is 5.11 Å². The molecule has 0 radical (unpaired) electrons.